The zero-order valence-corrected chi connectivity index (χ0v) is 14.0. The lowest BCUT2D eigenvalue weighted by molar-refractivity contribution is 0.0924. The number of hydrogen-bond acceptors (Lipinski definition) is 7. The molecule has 130 valence electrons. The van der Waals surface area contributed by atoms with E-state index in [4.69, 9.17) is 5.73 Å². The molecule has 1 atom stereocenters. The van der Waals surface area contributed by atoms with Crippen LogP contribution < -0.4 is 11.1 Å². The van der Waals surface area contributed by atoms with E-state index >= 15 is 0 Å². The molecule has 0 saturated carbocycles. The lowest BCUT2D eigenvalue weighted by atomic mass is 10.0. The number of aliphatic hydroxyl groups is 1. The fourth-order valence-corrected chi connectivity index (χ4v) is 2.53. The average Bonchev–Trinajstić information content (AvgIpc) is 3.05. The van der Waals surface area contributed by atoms with Crippen LogP contribution in [0, 0.1) is 6.92 Å². The summed E-state index contributed by atoms with van der Waals surface area (Å²) in [4.78, 5) is 16.3. The number of hydrogen-bond donors (Lipinski definition) is 3. The third-order valence-electron chi connectivity index (χ3n) is 3.92. The highest BCUT2D eigenvalue weighted by Crippen LogP contribution is 2.25. The number of nitrogens with zero attached hydrogens (tertiary/aromatic N) is 3. The molecule has 3 aromatic rings. The van der Waals surface area contributed by atoms with Crippen molar-refractivity contribution in [1.82, 2.24) is 20.6 Å². The number of fused-ring (bicyclic) bond motifs is 1. The monoisotopic (exact) mass is 341 g/mol. The van der Waals surface area contributed by atoms with Crippen molar-refractivity contribution in [3.63, 3.8) is 0 Å². The highest BCUT2D eigenvalue weighted by atomic mass is 16.6. The van der Waals surface area contributed by atoms with Crippen molar-refractivity contribution < 1.29 is 14.5 Å². The number of nitrogen functional groups attached to an aromatic ring is 1. The predicted molar refractivity (Wildman–Crippen MR) is 92.0 cm³/mol. The van der Waals surface area contributed by atoms with Crippen LogP contribution in [0.4, 0.5) is 5.69 Å². The Morgan fingerprint density at radius 3 is 2.72 bits per heavy atom. The molecule has 8 nitrogen and oxygen atoms in total. The van der Waals surface area contributed by atoms with E-state index in [0.717, 1.165) is 16.8 Å². The maximum absolute atomic E-state index is 12.0. The van der Waals surface area contributed by atoms with Crippen LogP contribution in [0.15, 0.2) is 28.9 Å². The summed E-state index contributed by atoms with van der Waals surface area (Å²) in [5.74, 6) is -0.222. The molecule has 2 aromatic heterocycles. The molecule has 3 rings (SSSR count). The molecule has 0 spiro atoms. The molecular formula is C17H19N5O3. The van der Waals surface area contributed by atoms with Gasteiger partial charge in [-0.1, -0.05) is 12.1 Å². The topological polar surface area (TPSA) is 127 Å². The molecule has 8 heteroatoms. The standard InChI is InChI=1S/C17H19N5O3/c1-9(23)8-19-17(24)12-5-3-11(4-6-12)7-13-10(2)20-16-15(14(13)18)21-25-22-16/h3-6,9,23H,7-8,18H2,1-2H3,(H,19,24). The minimum absolute atomic E-state index is 0.216. The van der Waals surface area contributed by atoms with Gasteiger partial charge in [0.2, 0.25) is 5.65 Å². The fraction of sp³-hybridized carbons (Fsp3) is 0.294. The van der Waals surface area contributed by atoms with Gasteiger partial charge in [-0.2, -0.15) is 0 Å². The average molecular weight is 341 g/mol. The smallest absolute Gasteiger partial charge is 0.251 e. The normalized spacial score (nSPS) is 12.3. The summed E-state index contributed by atoms with van der Waals surface area (Å²) >= 11 is 0. The number of carbonyl (C=O) groups excluding carboxylic acids is 1. The third kappa shape index (κ3) is 3.58. The molecular weight excluding hydrogens is 322 g/mol. The summed E-state index contributed by atoms with van der Waals surface area (Å²) in [6.45, 7) is 3.69. The number of carbonyl (C=O) groups is 1. The first-order chi connectivity index (χ1) is 12.0. The van der Waals surface area contributed by atoms with Crippen molar-refractivity contribution in [2.45, 2.75) is 26.4 Å². The molecule has 0 aliphatic rings. The summed E-state index contributed by atoms with van der Waals surface area (Å²) in [5, 5.41) is 19.4. The van der Waals surface area contributed by atoms with Gasteiger partial charge < -0.3 is 16.2 Å². The zero-order valence-electron chi connectivity index (χ0n) is 14.0. The molecule has 1 aromatic carbocycles. The largest absolute Gasteiger partial charge is 0.396 e. The number of aryl methyl sites for hydroxylation is 1. The minimum atomic E-state index is -0.581. The fourth-order valence-electron chi connectivity index (χ4n) is 2.53. The highest BCUT2D eigenvalue weighted by Gasteiger charge is 2.15. The van der Waals surface area contributed by atoms with Crippen molar-refractivity contribution in [3.8, 4) is 0 Å². The van der Waals surface area contributed by atoms with Gasteiger partial charge in [0.1, 0.15) is 0 Å². The van der Waals surface area contributed by atoms with Crippen LogP contribution in [0.1, 0.15) is 34.1 Å². The van der Waals surface area contributed by atoms with E-state index in [1.807, 2.05) is 19.1 Å². The van der Waals surface area contributed by atoms with Crippen molar-refractivity contribution in [2.75, 3.05) is 12.3 Å². The van der Waals surface area contributed by atoms with Gasteiger partial charge in [-0.05, 0) is 41.9 Å². The van der Waals surface area contributed by atoms with E-state index in [1.165, 1.54) is 0 Å². The SMILES string of the molecule is Cc1nc2nonc2c(N)c1Cc1ccc(C(=O)NCC(C)O)cc1. The Hall–Kier alpha value is -3.00. The Morgan fingerprint density at radius 1 is 1.32 bits per heavy atom. The lowest BCUT2D eigenvalue weighted by Gasteiger charge is -2.10. The number of nitrogens with one attached hydrogen (secondary N) is 1. The van der Waals surface area contributed by atoms with Gasteiger partial charge >= 0.3 is 0 Å². The molecule has 25 heavy (non-hydrogen) atoms. The Balaban J connectivity index is 1.79. The summed E-state index contributed by atoms with van der Waals surface area (Å²) in [6.07, 6.45) is -0.0223. The second-order valence-corrected chi connectivity index (χ2v) is 5.96. The van der Waals surface area contributed by atoms with E-state index < -0.39 is 6.10 Å². The molecule has 1 unspecified atom stereocenters. The van der Waals surface area contributed by atoms with Gasteiger partial charge in [0.15, 0.2) is 5.52 Å². The quantitative estimate of drug-likeness (QED) is 0.636. The number of amides is 1. The number of anilines is 1. The number of benzene rings is 1. The molecule has 0 aliphatic carbocycles. The van der Waals surface area contributed by atoms with Crippen molar-refractivity contribution in [1.29, 1.82) is 0 Å². The van der Waals surface area contributed by atoms with Crippen LogP contribution in [-0.2, 0) is 6.42 Å². The Bertz CT molecular complexity index is 903. The molecule has 0 fully saturated rings. The highest BCUT2D eigenvalue weighted by molar-refractivity contribution is 5.94. The molecule has 0 bridgehead atoms. The van der Waals surface area contributed by atoms with Crippen molar-refractivity contribution in [2.24, 2.45) is 0 Å². The summed E-state index contributed by atoms with van der Waals surface area (Å²) in [6, 6.07) is 7.20. The van der Waals surface area contributed by atoms with Crippen LogP contribution in [-0.4, -0.2) is 39.0 Å². The summed E-state index contributed by atoms with van der Waals surface area (Å²) < 4.78 is 4.68. The molecule has 1 amide bonds. The zero-order chi connectivity index (χ0) is 18.0. The van der Waals surface area contributed by atoms with Crippen molar-refractivity contribution >= 4 is 22.8 Å². The number of rotatable bonds is 5. The Labute approximate surface area is 144 Å². The molecule has 2 heterocycles. The van der Waals surface area contributed by atoms with E-state index in [0.29, 0.717) is 28.8 Å². The van der Waals surface area contributed by atoms with Crippen LogP contribution in [0.25, 0.3) is 11.2 Å². The number of pyridine rings is 1. The van der Waals surface area contributed by atoms with Gasteiger partial charge in [0.25, 0.3) is 5.91 Å². The minimum Gasteiger partial charge on any atom is -0.396 e. The van der Waals surface area contributed by atoms with Gasteiger partial charge in [-0.3, -0.25) is 4.79 Å². The van der Waals surface area contributed by atoms with E-state index in [1.54, 1.807) is 19.1 Å². The second kappa shape index (κ2) is 6.86. The Morgan fingerprint density at radius 2 is 2.04 bits per heavy atom. The molecule has 0 aliphatic heterocycles. The first kappa shape index (κ1) is 16.8. The maximum atomic E-state index is 12.0. The number of aromatic nitrogens is 3. The summed E-state index contributed by atoms with van der Waals surface area (Å²) in [5.41, 5.74) is 10.7. The summed E-state index contributed by atoms with van der Waals surface area (Å²) in [7, 11) is 0. The number of aliphatic hydroxyl groups excluding tert-OH is 1. The Kier molecular flexibility index (Phi) is 4.62. The van der Waals surface area contributed by atoms with Crippen LogP contribution in [0.5, 0.6) is 0 Å². The van der Waals surface area contributed by atoms with Crippen molar-refractivity contribution in [3.05, 3.63) is 46.6 Å². The van der Waals surface area contributed by atoms with Gasteiger partial charge in [0.05, 0.1) is 11.8 Å². The van der Waals surface area contributed by atoms with Crippen LogP contribution >= 0.6 is 0 Å². The van der Waals surface area contributed by atoms with Gasteiger partial charge in [0, 0.05) is 29.8 Å². The molecule has 0 saturated heterocycles. The third-order valence-corrected chi connectivity index (χ3v) is 3.92. The first-order valence-corrected chi connectivity index (χ1v) is 7.88. The number of nitrogens with two attached hydrogens (primary N) is 1. The predicted octanol–water partition coefficient (Wildman–Crippen LogP) is 1.21. The van der Waals surface area contributed by atoms with E-state index in [2.05, 4.69) is 25.2 Å². The van der Waals surface area contributed by atoms with Gasteiger partial charge in [-0.25, -0.2) is 9.61 Å². The first-order valence-electron chi connectivity index (χ1n) is 7.88. The maximum Gasteiger partial charge on any atom is 0.251 e. The van der Waals surface area contributed by atoms with Crippen LogP contribution in [0.2, 0.25) is 0 Å². The van der Waals surface area contributed by atoms with E-state index in [9.17, 15) is 9.90 Å². The molecule has 0 radical (unpaired) electrons. The lowest BCUT2D eigenvalue weighted by Crippen LogP contribution is -2.30. The van der Waals surface area contributed by atoms with Crippen LogP contribution in [0.3, 0.4) is 0 Å². The van der Waals surface area contributed by atoms with E-state index in [-0.39, 0.29) is 12.5 Å². The van der Waals surface area contributed by atoms with Gasteiger partial charge in [-0.15, -0.1) is 0 Å². The second-order valence-electron chi connectivity index (χ2n) is 5.96. The molecule has 4 N–H and O–H groups in total.